The van der Waals surface area contributed by atoms with Crippen LogP contribution in [0.2, 0.25) is 0 Å². The summed E-state index contributed by atoms with van der Waals surface area (Å²) >= 11 is 0. The molecule has 3 nitrogen and oxygen atoms in total. The Hall–Kier alpha value is -0.870. The minimum absolute atomic E-state index is 0.0350. The molecule has 0 aliphatic rings. The molecule has 1 aromatic carbocycles. The van der Waals surface area contributed by atoms with Crippen molar-refractivity contribution in [1.82, 2.24) is 4.72 Å². The third-order valence-corrected chi connectivity index (χ3v) is 4.57. The summed E-state index contributed by atoms with van der Waals surface area (Å²) in [7, 11) is -3.34. The second kappa shape index (κ2) is 5.86. The van der Waals surface area contributed by atoms with Crippen LogP contribution in [0.25, 0.3) is 0 Å². The first kappa shape index (κ1) is 17.2. The van der Waals surface area contributed by atoms with Gasteiger partial charge in [-0.3, -0.25) is 0 Å². The van der Waals surface area contributed by atoms with Crippen LogP contribution in [0.15, 0.2) is 24.3 Å². The molecule has 0 aliphatic heterocycles. The SMILES string of the molecule is Cc1ccccc1CS(=O)(=O)NC(C)(C)CC(C)(C)C. The molecule has 0 bridgehead atoms. The molecule has 114 valence electrons. The van der Waals surface area contributed by atoms with Gasteiger partial charge < -0.3 is 0 Å². The van der Waals surface area contributed by atoms with E-state index in [-0.39, 0.29) is 11.2 Å². The smallest absolute Gasteiger partial charge is 0.212 e. The summed E-state index contributed by atoms with van der Waals surface area (Å²) in [5, 5.41) is 0. The van der Waals surface area contributed by atoms with E-state index in [9.17, 15) is 8.42 Å². The van der Waals surface area contributed by atoms with Gasteiger partial charge >= 0.3 is 0 Å². The second-order valence-corrected chi connectivity index (χ2v) is 9.13. The van der Waals surface area contributed by atoms with Crippen LogP contribution in [-0.2, 0) is 15.8 Å². The van der Waals surface area contributed by atoms with E-state index in [1.54, 1.807) is 0 Å². The highest BCUT2D eigenvalue weighted by Gasteiger charge is 2.29. The zero-order valence-electron chi connectivity index (χ0n) is 13.4. The molecule has 0 radical (unpaired) electrons. The minimum Gasteiger partial charge on any atom is -0.212 e. The fourth-order valence-electron chi connectivity index (χ4n) is 2.80. The van der Waals surface area contributed by atoms with Gasteiger partial charge in [-0.05, 0) is 43.7 Å². The van der Waals surface area contributed by atoms with Crippen molar-refractivity contribution < 1.29 is 8.42 Å². The summed E-state index contributed by atoms with van der Waals surface area (Å²) in [5.41, 5.74) is 1.49. The van der Waals surface area contributed by atoms with Crippen LogP contribution < -0.4 is 4.72 Å². The molecular formula is C16H27NO2S. The maximum absolute atomic E-state index is 12.3. The van der Waals surface area contributed by atoms with Gasteiger partial charge in [-0.15, -0.1) is 0 Å². The summed E-state index contributed by atoms with van der Waals surface area (Å²) < 4.78 is 27.5. The fourth-order valence-corrected chi connectivity index (χ4v) is 4.52. The van der Waals surface area contributed by atoms with E-state index < -0.39 is 15.6 Å². The Kier molecular flexibility index (Phi) is 5.03. The zero-order chi connectivity index (χ0) is 15.6. The summed E-state index contributed by atoms with van der Waals surface area (Å²) in [6, 6.07) is 7.59. The lowest BCUT2D eigenvalue weighted by atomic mass is 9.82. The highest BCUT2D eigenvalue weighted by atomic mass is 32.2. The quantitative estimate of drug-likeness (QED) is 0.902. The monoisotopic (exact) mass is 297 g/mol. The molecule has 0 atom stereocenters. The normalized spacial score (nSPS) is 13.5. The van der Waals surface area contributed by atoms with E-state index in [4.69, 9.17) is 0 Å². The number of rotatable bonds is 5. The van der Waals surface area contributed by atoms with Crippen molar-refractivity contribution in [1.29, 1.82) is 0 Å². The number of benzene rings is 1. The number of hydrogen-bond donors (Lipinski definition) is 1. The summed E-state index contributed by atoms with van der Waals surface area (Å²) in [4.78, 5) is 0. The number of nitrogens with one attached hydrogen (secondary N) is 1. The van der Waals surface area contributed by atoms with E-state index in [1.807, 2.05) is 45.0 Å². The molecule has 1 aromatic rings. The molecule has 0 amide bonds. The van der Waals surface area contributed by atoms with Gasteiger partial charge in [-0.1, -0.05) is 45.0 Å². The molecule has 20 heavy (non-hydrogen) atoms. The Morgan fingerprint density at radius 2 is 1.60 bits per heavy atom. The molecule has 0 aliphatic carbocycles. The van der Waals surface area contributed by atoms with E-state index in [2.05, 4.69) is 25.5 Å². The highest BCUT2D eigenvalue weighted by molar-refractivity contribution is 7.88. The number of hydrogen-bond acceptors (Lipinski definition) is 2. The third-order valence-electron chi connectivity index (χ3n) is 3.01. The number of aryl methyl sites for hydroxylation is 1. The van der Waals surface area contributed by atoms with E-state index in [0.29, 0.717) is 0 Å². The summed E-state index contributed by atoms with van der Waals surface area (Å²) in [6.07, 6.45) is 0.785. The van der Waals surface area contributed by atoms with Gasteiger partial charge in [0, 0.05) is 5.54 Å². The molecule has 0 aromatic heterocycles. The van der Waals surface area contributed by atoms with E-state index >= 15 is 0 Å². The van der Waals surface area contributed by atoms with Crippen LogP contribution in [0, 0.1) is 12.3 Å². The van der Waals surface area contributed by atoms with Crippen molar-refractivity contribution in [2.45, 2.75) is 59.3 Å². The van der Waals surface area contributed by atoms with Crippen molar-refractivity contribution in [3.8, 4) is 0 Å². The standard InChI is InChI=1S/C16H27NO2S/c1-13-9-7-8-10-14(13)11-20(18,19)17-16(5,6)12-15(2,3)4/h7-10,17H,11-12H2,1-6H3. The van der Waals surface area contributed by atoms with Crippen LogP contribution in [0.4, 0.5) is 0 Å². The van der Waals surface area contributed by atoms with Crippen molar-refractivity contribution in [2.24, 2.45) is 5.41 Å². The molecule has 0 saturated carbocycles. The van der Waals surface area contributed by atoms with Crippen LogP contribution in [-0.4, -0.2) is 14.0 Å². The Morgan fingerprint density at radius 1 is 1.05 bits per heavy atom. The van der Waals surface area contributed by atoms with Crippen molar-refractivity contribution >= 4 is 10.0 Å². The maximum atomic E-state index is 12.3. The lowest BCUT2D eigenvalue weighted by Crippen LogP contribution is -2.46. The first-order chi connectivity index (χ1) is 8.90. The Morgan fingerprint density at radius 3 is 2.10 bits per heavy atom. The molecule has 1 N–H and O–H groups in total. The van der Waals surface area contributed by atoms with Crippen LogP contribution >= 0.6 is 0 Å². The van der Waals surface area contributed by atoms with Gasteiger partial charge in [-0.25, -0.2) is 13.1 Å². The van der Waals surface area contributed by atoms with Crippen molar-refractivity contribution in [2.75, 3.05) is 0 Å². The van der Waals surface area contributed by atoms with E-state index in [0.717, 1.165) is 17.5 Å². The van der Waals surface area contributed by atoms with Gasteiger partial charge in [0.05, 0.1) is 5.75 Å². The predicted molar refractivity (Wildman–Crippen MR) is 85.1 cm³/mol. The molecular weight excluding hydrogens is 270 g/mol. The average Bonchev–Trinajstić information content (AvgIpc) is 2.15. The Balaban J connectivity index is 2.83. The second-order valence-electron chi connectivity index (χ2n) is 7.41. The highest BCUT2D eigenvalue weighted by Crippen LogP contribution is 2.27. The average molecular weight is 297 g/mol. The van der Waals surface area contributed by atoms with Crippen molar-refractivity contribution in [3.05, 3.63) is 35.4 Å². The Bertz CT molecular complexity index is 554. The predicted octanol–water partition coefficient (Wildman–Crippen LogP) is 3.63. The lowest BCUT2D eigenvalue weighted by molar-refractivity contribution is 0.269. The Labute approximate surface area is 123 Å². The molecule has 1 rings (SSSR count). The third kappa shape index (κ3) is 6.06. The summed E-state index contributed by atoms with van der Waals surface area (Å²) in [6.45, 7) is 12.2. The van der Waals surface area contributed by atoms with Crippen LogP contribution in [0.5, 0.6) is 0 Å². The molecule has 0 spiro atoms. The van der Waals surface area contributed by atoms with Crippen LogP contribution in [0.3, 0.4) is 0 Å². The van der Waals surface area contributed by atoms with Crippen LogP contribution in [0.1, 0.15) is 52.2 Å². The van der Waals surface area contributed by atoms with Gasteiger partial charge in [0.2, 0.25) is 10.0 Å². The van der Waals surface area contributed by atoms with Gasteiger partial charge in [0.1, 0.15) is 0 Å². The number of sulfonamides is 1. The topological polar surface area (TPSA) is 46.2 Å². The largest absolute Gasteiger partial charge is 0.216 e. The first-order valence-electron chi connectivity index (χ1n) is 6.96. The molecule has 0 heterocycles. The zero-order valence-corrected chi connectivity index (χ0v) is 14.3. The minimum atomic E-state index is -3.34. The van der Waals surface area contributed by atoms with Gasteiger partial charge in [0.15, 0.2) is 0 Å². The fraction of sp³-hybridized carbons (Fsp3) is 0.625. The molecule has 0 unspecified atom stereocenters. The van der Waals surface area contributed by atoms with E-state index in [1.165, 1.54) is 0 Å². The lowest BCUT2D eigenvalue weighted by Gasteiger charge is -2.33. The summed E-state index contributed by atoms with van der Waals surface area (Å²) in [5.74, 6) is 0.0350. The van der Waals surface area contributed by atoms with Gasteiger partial charge in [-0.2, -0.15) is 0 Å². The molecule has 0 saturated heterocycles. The molecule has 0 fully saturated rings. The van der Waals surface area contributed by atoms with Gasteiger partial charge in [0.25, 0.3) is 0 Å². The maximum Gasteiger partial charge on any atom is 0.216 e. The first-order valence-corrected chi connectivity index (χ1v) is 8.62. The molecule has 4 heteroatoms. The van der Waals surface area contributed by atoms with Crippen molar-refractivity contribution in [3.63, 3.8) is 0 Å².